The molecule has 0 spiro atoms. The van der Waals surface area contributed by atoms with E-state index in [1.54, 1.807) is 23.5 Å². The Balaban J connectivity index is 0.00000320. The van der Waals surface area contributed by atoms with Gasteiger partial charge in [0.15, 0.2) is 5.96 Å². The van der Waals surface area contributed by atoms with Crippen molar-refractivity contribution in [1.29, 1.82) is 0 Å². The van der Waals surface area contributed by atoms with Crippen LogP contribution < -0.4 is 10.6 Å². The molecule has 1 aliphatic heterocycles. The molecule has 1 aromatic carbocycles. The summed E-state index contributed by atoms with van der Waals surface area (Å²) in [6, 6.07) is 7.06. The predicted molar refractivity (Wildman–Crippen MR) is 130 cm³/mol. The van der Waals surface area contributed by atoms with Gasteiger partial charge in [0.25, 0.3) is 0 Å². The van der Waals surface area contributed by atoms with E-state index < -0.39 is 10.0 Å². The lowest BCUT2D eigenvalue weighted by Gasteiger charge is -2.16. The fraction of sp³-hybridized carbons (Fsp3) is 0.500. The van der Waals surface area contributed by atoms with E-state index in [0.717, 1.165) is 35.4 Å². The highest BCUT2D eigenvalue weighted by molar-refractivity contribution is 14.0. The van der Waals surface area contributed by atoms with Crippen LogP contribution in [0.5, 0.6) is 0 Å². The van der Waals surface area contributed by atoms with E-state index in [9.17, 15) is 8.42 Å². The lowest BCUT2D eigenvalue weighted by Crippen LogP contribution is -2.36. The van der Waals surface area contributed by atoms with Gasteiger partial charge in [-0.05, 0) is 44.4 Å². The van der Waals surface area contributed by atoms with E-state index in [0.29, 0.717) is 37.0 Å². The molecule has 1 saturated heterocycles. The van der Waals surface area contributed by atoms with Gasteiger partial charge in [-0.1, -0.05) is 12.1 Å². The summed E-state index contributed by atoms with van der Waals surface area (Å²) in [4.78, 5) is 4.61. The number of aryl methyl sites for hydroxylation is 2. The molecule has 0 radical (unpaired) electrons. The van der Waals surface area contributed by atoms with Crippen LogP contribution in [0.2, 0.25) is 0 Å². The predicted octanol–water partition coefficient (Wildman–Crippen LogP) is 2.30. The highest BCUT2D eigenvalue weighted by Gasteiger charge is 2.26. The minimum Gasteiger partial charge on any atom is -0.352 e. The van der Waals surface area contributed by atoms with Crippen LogP contribution in [-0.4, -0.2) is 48.6 Å². The molecule has 2 N–H and O–H groups in total. The average Bonchev–Trinajstić information content (AvgIpc) is 3.33. The fourth-order valence-corrected chi connectivity index (χ4v) is 5.03. The molecule has 166 valence electrons. The zero-order valence-electron chi connectivity index (χ0n) is 18.0. The molecular weight excluding hydrogens is 515 g/mol. The molecule has 0 amide bonds. The van der Waals surface area contributed by atoms with Crippen molar-refractivity contribution in [1.82, 2.24) is 24.7 Å². The van der Waals surface area contributed by atoms with Gasteiger partial charge in [0.1, 0.15) is 0 Å². The summed E-state index contributed by atoms with van der Waals surface area (Å²) < 4.78 is 28.7. The van der Waals surface area contributed by atoms with Crippen molar-refractivity contribution in [2.24, 2.45) is 12.0 Å². The highest BCUT2D eigenvalue weighted by Crippen LogP contribution is 2.21. The topological polar surface area (TPSA) is 91.6 Å². The molecule has 0 unspecified atom stereocenters. The smallest absolute Gasteiger partial charge is 0.243 e. The normalized spacial score (nSPS) is 15.1. The highest BCUT2D eigenvalue weighted by atomic mass is 127. The molecule has 0 saturated carbocycles. The van der Waals surface area contributed by atoms with Gasteiger partial charge in [-0.2, -0.15) is 9.40 Å². The molecule has 0 aliphatic carbocycles. The third-order valence-corrected chi connectivity index (χ3v) is 7.31. The second kappa shape index (κ2) is 10.6. The van der Waals surface area contributed by atoms with Gasteiger partial charge >= 0.3 is 0 Å². The maximum absolute atomic E-state index is 12.6. The molecule has 3 rings (SSSR count). The number of sulfonamides is 1. The second-order valence-corrected chi connectivity index (χ2v) is 9.25. The number of aliphatic imine (C=N–C) groups is 1. The Morgan fingerprint density at radius 2 is 1.70 bits per heavy atom. The summed E-state index contributed by atoms with van der Waals surface area (Å²) in [6.07, 6.45) is 1.87. The van der Waals surface area contributed by atoms with Crippen LogP contribution in [0.25, 0.3) is 0 Å². The largest absolute Gasteiger partial charge is 0.352 e. The summed E-state index contributed by atoms with van der Waals surface area (Å²) in [6.45, 7) is 6.46. The molecule has 30 heavy (non-hydrogen) atoms. The van der Waals surface area contributed by atoms with Crippen molar-refractivity contribution in [2.45, 2.75) is 44.7 Å². The molecule has 1 aromatic heterocycles. The SMILES string of the molecule is CN=C(NCc1ccc(S(=O)(=O)N2CCCC2)cc1)NCc1c(C)nn(C)c1C.I. The quantitative estimate of drug-likeness (QED) is 0.330. The number of rotatable bonds is 6. The number of aromatic nitrogens is 2. The minimum absolute atomic E-state index is 0. The van der Waals surface area contributed by atoms with E-state index in [1.807, 2.05) is 37.7 Å². The number of nitrogens with zero attached hydrogens (tertiary/aromatic N) is 4. The van der Waals surface area contributed by atoms with E-state index >= 15 is 0 Å². The molecule has 2 aromatic rings. The molecule has 1 fully saturated rings. The first-order valence-electron chi connectivity index (χ1n) is 9.85. The molecule has 1 aliphatic rings. The molecule has 8 nitrogen and oxygen atoms in total. The summed E-state index contributed by atoms with van der Waals surface area (Å²) >= 11 is 0. The van der Waals surface area contributed by atoms with Crippen LogP contribution in [0, 0.1) is 13.8 Å². The molecule has 0 atom stereocenters. The number of guanidine groups is 1. The summed E-state index contributed by atoms with van der Waals surface area (Å²) in [5.74, 6) is 0.682. The van der Waals surface area contributed by atoms with E-state index in [2.05, 4.69) is 20.7 Å². The van der Waals surface area contributed by atoms with Crippen LogP contribution in [0.15, 0.2) is 34.2 Å². The van der Waals surface area contributed by atoms with Gasteiger partial charge in [-0.25, -0.2) is 8.42 Å². The standard InChI is InChI=1S/C20H30N6O2S.HI/c1-15-19(16(2)25(4)24-15)14-23-20(21-3)22-13-17-7-9-18(10-8-17)29(27,28)26-11-5-6-12-26;/h7-10H,5-6,11-14H2,1-4H3,(H2,21,22,23);1H. The first-order chi connectivity index (χ1) is 13.8. The van der Waals surface area contributed by atoms with Crippen molar-refractivity contribution < 1.29 is 8.42 Å². The Kier molecular flexibility index (Phi) is 8.68. The van der Waals surface area contributed by atoms with Crippen molar-refractivity contribution >= 4 is 40.0 Å². The number of halogens is 1. The lowest BCUT2D eigenvalue weighted by atomic mass is 10.2. The van der Waals surface area contributed by atoms with Crippen molar-refractivity contribution in [3.63, 3.8) is 0 Å². The Bertz CT molecular complexity index is 979. The van der Waals surface area contributed by atoms with E-state index in [4.69, 9.17) is 0 Å². The number of benzene rings is 1. The fourth-order valence-electron chi connectivity index (χ4n) is 3.51. The molecule has 0 bridgehead atoms. The summed E-state index contributed by atoms with van der Waals surface area (Å²) in [7, 11) is 0.295. The number of hydrogen-bond acceptors (Lipinski definition) is 4. The van der Waals surface area contributed by atoms with Gasteiger partial charge in [0, 0.05) is 51.5 Å². The zero-order chi connectivity index (χ0) is 21.0. The van der Waals surface area contributed by atoms with Gasteiger partial charge in [-0.15, -0.1) is 24.0 Å². The van der Waals surface area contributed by atoms with E-state index in [-0.39, 0.29) is 24.0 Å². The van der Waals surface area contributed by atoms with Crippen LogP contribution in [0.3, 0.4) is 0 Å². The number of nitrogens with one attached hydrogen (secondary N) is 2. The Morgan fingerprint density at radius 3 is 2.23 bits per heavy atom. The van der Waals surface area contributed by atoms with Gasteiger partial charge in [0.2, 0.25) is 10.0 Å². The molecule has 10 heteroatoms. The zero-order valence-corrected chi connectivity index (χ0v) is 21.1. The van der Waals surface area contributed by atoms with Crippen LogP contribution in [-0.2, 0) is 30.2 Å². The monoisotopic (exact) mass is 546 g/mol. The number of hydrogen-bond donors (Lipinski definition) is 2. The molecule has 2 heterocycles. The Labute approximate surface area is 196 Å². The first kappa shape index (κ1) is 24.6. The van der Waals surface area contributed by atoms with Crippen molar-refractivity contribution in [3.05, 3.63) is 46.8 Å². The maximum atomic E-state index is 12.6. The van der Waals surface area contributed by atoms with Crippen LogP contribution >= 0.6 is 24.0 Å². The van der Waals surface area contributed by atoms with E-state index in [1.165, 1.54) is 0 Å². The average molecular weight is 546 g/mol. The van der Waals surface area contributed by atoms with Crippen molar-refractivity contribution in [2.75, 3.05) is 20.1 Å². The lowest BCUT2D eigenvalue weighted by molar-refractivity contribution is 0.477. The maximum Gasteiger partial charge on any atom is 0.243 e. The Morgan fingerprint density at radius 1 is 1.10 bits per heavy atom. The van der Waals surface area contributed by atoms with Gasteiger partial charge in [-0.3, -0.25) is 9.67 Å². The minimum atomic E-state index is -3.37. The van der Waals surface area contributed by atoms with Crippen LogP contribution in [0.1, 0.15) is 35.4 Å². The second-order valence-electron chi connectivity index (χ2n) is 7.31. The third kappa shape index (κ3) is 5.52. The summed E-state index contributed by atoms with van der Waals surface area (Å²) in [5, 5.41) is 11.0. The molecular formula is C20H31IN6O2S. The first-order valence-corrected chi connectivity index (χ1v) is 11.3. The summed E-state index contributed by atoms with van der Waals surface area (Å²) in [5.41, 5.74) is 4.27. The Hall–Kier alpha value is -1.66. The van der Waals surface area contributed by atoms with Gasteiger partial charge < -0.3 is 10.6 Å². The van der Waals surface area contributed by atoms with Crippen LogP contribution in [0.4, 0.5) is 0 Å². The van der Waals surface area contributed by atoms with Gasteiger partial charge in [0.05, 0.1) is 10.6 Å². The van der Waals surface area contributed by atoms with Crippen molar-refractivity contribution in [3.8, 4) is 0 Å². The third-order valence-electron chi connectivity index (χ3n) is 5.40.